The van der Waals surface area contributed by atoms with Crippen LogP contribution in [0.5, 0.6) is 0 Å². The van der Waals surface area contributed by atoms with E-state index >= 15 is 0 Å². The molecule has 1 heterocycles. The Labute approximate surface area is 250 Å². The third-order valence-corrected chi connectivity index (χ3v) is 7.68. The van der Waals surface area contributed by atoms with Crippen LogP contribution in [0.15, 0.2) is 72.8 Å². The summed E-state index contributed by atoms with van der Waals surface area (Å²) >= 11 is 12.4. The first-order chi connectivity index (χ1) is 19.7. The van der Waals surface area contributed by atoms with Crippen LogP contribution in [-0.2, 0) is 22.6 Å². The highest BCUT2D eigenvalue weighted by molar-refractivity contribution is 6.42. The van der Waals surface area contributed by atoms with Gasteiger partial charge in [-0.25, -0.2) is 0 Å². The van der Waals surface area contributed by atoms with Gasteiger partial charge in [0.1, 0.15) is 6.04 Å². The van der Waals surface area contributed by atoms with Gasteiger partial charge in [-0.05, 0) is 47.7 Å². The van der Waals surface area contributed by atoms with Crippen LogP contribution in [-0.4, -0.2) is 52.6 Å². The Hall–Kier alpha value is -3.68. The molecule has 4 amide bonds. The SMILES string of the molecule is CC(C)CNC(=O)C(Cc1ccccc1)N(Cc1ccc(Cl)c(Cl)c1)C(=O)CCCN1C(=O)c2ccccc2C1=O. The van der Waals surface area contributed by atoms with Crippen molar-refractivity contribution in [3.05, 3.63) is 105 Å². The van der Waals surface area contributed by atoms with E-state index in [1.165, 1.54) is 4.90 Å². The Morgan fingerprint density at radius 3 is 2.10 bits per heavy atom. The molecule has 0 bridgehead atoms. The minimum absolute atomic E-state index is 0.0392. The smallest absolute Gasteiger partial charge is 0.261 e. The fourth-order valence-electron chi connectivity index (χ4n) is 4.79. The Morgan fingerprint density at radius 2 is 1.49 bits per heavy atom. The number of hydrogen-bond acceptors (Lipinski definition) is 4. The molecule has 0 spiro atoms. The van der Waals surface area contributed by atoms with Gasteiger partial charge < -0.3 is 10.2 Å². The molecule has 9 heteroatoms. The van der Waals surface area contributed by atoms with Crippen LogP contribution in [0.3, 0.4) is 0 Å². The Morgan fingerprint density at radius 1 is 0.854 bits per heavy atom. The van der Waals surface area contributed by atoms with Crippen LogP contribution in [0.2, 0.25) is 10.0 Å². The molecule has 3 aromatic rings. The fourth-order valence-corrected chi connectivity index (χ4v) is 5.11. The van der Waals surface area contributed by atoms with Gasteiger partial charge >= 0.3 is 0 Å². The number of imide groups is 1. The molecule has 3 aromatic carbocycles. The second-order valence-corrected chi connectivity index (χ2v) is 11.3. The van der Waals surface area contributed by atoms with Gasteiger partial charge in [0.25, 0.3) is 11.8 Å². The third-order valence-electron chi connectivity index (χ3n) is 6.94. The maximum absolute atomic E-state index is 13.8. The third kappa shape index (κ3) is 7.54. The summed E-state index contributed by atoms with van der Waals surface area (Å²) in [6.45, 7) is 4.71. The van der Waals surface area contributed by atoms with Gasteiger partial charge in [-0.15, -0.1) is 0 Å². The maximum Gasteiger partial charge on any atom is 0.261 e. The molecule has 1 N–H and O–H groups in total. The fraction of sp³-hybridized carbons (Fsp3) is 0.312. The van der Waals surface area contributed by atoms with Crippen molar-refractivity contribution in [1.82, 2.24) is 15.1 Å². The van der Waals surface area contributed by atoms with Gasteiger partial charge in [0.2, 0.25) is 11.8 Å². The zero-order valence-corrected chi connectivity index (χ0v) is 24.6. The Kier molecular flexibility index (Phi) is 10.2. The number of halogens is 2. The second-order valence-electron chi connectivity index (χ2n) is 10.5. The largest absolute Gasteiger partial charge is 0.354 e. The number of amides is 4. The van der Waals surface area contributed by atoms with Crippen molar-refractivity contribution in [3.63, 3.8) is 0 Å². The predicted molar refractivity (Wildman–Crippen MR) is 160 cm³/mol. The summed E-state index contributed by atoms with van der Waals surface area (Å²) < 4.78 is 0. The molecule has 1 aliphatic heterocycles. The lowest BCUT2D eigenvalue weighted by molar-refractivity contribution is -0.141. The number of rotatable bonds is 12. The summed E-state index contributed by atoms with van der Waals surface area (Å²) in [4.78, 5) is 55.7. The normalized spacial score (nSPS) is 13.3. The van der Waals surface area contributed by atoms with Crippen molar-refractivity contribution in [2.45, 2.75) is 45.7 Å². The first-order valence-electron chi connectivity index (χ1n) is 13.7. The molecule has 4 rings (SSSR count). The van der Waals surface area contributed by atoms with Crippen LogP contribution >= 0.6 is 23.2 Å². The molecule has 41 heavy (non-hydrogen) atoms. The van der Waals surface area contributed by atoms with E-state index in [1.807, 2.05) is 44.2 Å². The minimum Gasteiger partial charge on any atom is -0.354 e. The summed E-state index contributed by atoms with van der Waals surface area (Å²) in [5.41, 5.74) is 2.38. The van der Waals surface area contributed by atoms with Crippen molar-refractivity contribution in [2.75, 3.05) is 13.1 Å². The van der Waals surface area contributed by atoms with Crippen LogP contribution in [0.25, 0.3) is 0 Å². The van der Waals surface area contributed by atoms with Gasteiger partial charge in [0, 0.05) is 32.5 Å². The van der Waals surface area contributed by atoms with E-state index in [0.29, 0.717) is 34.1 Å². The molecule has 1 aliphatic rings. The van der Waals surface area contributed by atoms with Crippen LogP contribution in [0.4, 0.5) is 0 Å². The monoisotopic (exact) mass is 593 g/mol. The highest BCUT2D eigenvalue weighted by Crippen LogP contribution is 2.26. The molecule has 0 saturated carbocycles. The Balaban J connectivity index is 1.56. The minimum atomic E-state index is -0.794. The van der Waals surface area contributed by atoms with Crippen molar-refractivity contribution in [1.29, 1.82) is 0 Å². The van der Waals surface area contributed by atoms with Gasteiger partial charge in [0.05, 0.1) is 21.2 Å². The quantitative estimate of drug-likeness (QED) is 0.270. The van der Waals surface area contributed by atoms with Crippen LogP contribution in [0, 0.1) is 5.92 Å². The zero-order valence-electron chi connectivity index (χ0n) is 23.1. The van der Waals surface area contributed by atoms with Gasteiger partial charge in [-0.3, -0.25) is 24.1 Å². The van der Waals surface area contributed by atoms with Crippen LogP contribution < -0.4 is 5.32 Å². The standard InChI is InChI=1S/C32H33Cl2N3O4/c1-21(2)19-35-30(39)28(18-22-9-4-3-5-10-22)37(20-23-14-15-26(33)27(34)17-23)29(38)13-8-16-36-31(40)24-11-6-7-12-25(24)32(36)41/h3-7,9-12,14-15,17,21,28H,8,13,16,18-20H2,1-2H3,(H,35,39). The number of nitrogens with one attached hydrogen (secondary N) is 1. The number of carbonyl (C=O) groups is 4. The molecule has 1 atom stereocenters. The van der Waals surface area contributed by atoms with Crippen molar-refractivity contribution in [3.8, 4) is 0 Å². The molecule has 1 unspecified atom stereocenters. The summed E-state index contributed by atoms with van der Waals surface area (Å²) in [5, 5.41) is 3.74. The molecular formula is C32H33Cl2N3O4. The van der Waals surface area contributed by atoms with Crippen LogP contribution in [0.1, 0.15) is 58.5 Å². The molecule has 214 valence electrons. The number of nitrogens with zero attached hydrogens (tertiary/aromatic N) is 2. The predicted octanol–water partition coefficient (Wildman–Crippen LogP) is 5.78. The van der Waals surface area contributed by atoms with Gasteiger partial charge in [-0.1, -0.05) is 85.6 Å². The first-order valence-corrected chi connectivity index (χ1v) is 14.4. The van der Waals surface area contributed by atoms with Crippen molar-refractivity contribution >= 4 is 46.8 Å². The maximum atomic E-state index is 13.8. The lowest BCUT2D eigenvalue weighted by Crippen LogP contribution is -2.51. The topological polar surface area (TPSA) is 86.8 Å². The molecule has 0 fully saturated rings. The zero-order chi connectivity index (χ0) is 29.5. The van der Waals surface area contributed by atoms with E-state index in [9.17, 15) is 19.2 Å². The van der Waals surface area contributed by atoms with E-state index in [1.54, 1.807) is 47.4 Å². The number of benzene rings is 3. The van der Waals surface area contributed by atoms with E-state index < -0.39 is 6.04 Å². The number of carbonyl (C=O) groups excluding carboxylic acids is 4. The summed E-state index contributed by atoms with van der Waals surface area (Å²) in [6.07, 6.45) is 0.613. The number of fused-ring (bicyclic) bond motifs is 1. The summed E-state index contributed by atoms with van der Waals surface area (Å²) in [5.74, 6) is -1.01. The van der Waals surface area contributed by atoms with E-state index in [-0.39, 0.29) is 55.5 Å². The van der Waals surface area contributed by atoms with Gasteiger partial charge in [-0.2, -0.15) is 0 Å². The lowest BCUT2D eigenvalue weighted by atomic mass is 10.0. The van der Waals surface area contributed by atoms with E-state index in [2.05, 4.69) is 5.32 Å². The summed E-state index contributed by atoms with van der Waals surface area (Å²) in [6, 6.07) is 20.6. The molecule has 7 nitrogen and oxygen atoms in total. The van der Waals surface area contributed by atoms with Gasteiger partial charge in [0.15, 0.2) is 0 Å². The van der Waals surface area contributed by atoms with Crippen molar-refractivity contribution < 1.29 is 19.2 Å². The molecule has 0 aromatic heterocycles. The highest BCUT2D eigenvalue weighted by atomic mass is 35.5. The van der Waals surface area contributed by atoms with E-state index in [0.717, 1.165) is 11.1 Å². The molecule has 0 saturated heterocycles. The molecular weight excluding hydrogens is 561 g/mol. The Bertz CT molecular complexity index is 1390. The molecule has 0 aliphatic carbocycles. The summed E-state index contributed by atoms with van der Waals surface area (Å²) in [7, 11) is 0. The average molecular weight is 595 g/mol. The first kappa shape index (κ1) is 30.3. The highest BCUT2D eigenvalue weighted by Gasteiger charge is 2.35. The van der Waals surface area contributed by atoms with Crippen molar-refractivity contribution in [2.24, 2.45) is 5.92 Å². The molecule has 0 radical (unpaired) electrons. The number of hydrogen-bond donors (Lipinski definition) is 1. The lowest BCUT2D eigenvalue weighted by Gasteiger charge is -2.32. The average Bonchev–Trinajstić information content (AvgIpc) is 3.20. The van der Waals surface area contributed by atoms with E-state index in [4.69, 9.17) is 23.2 Å². The second kappa shape index (κ2) is 13.8.